The summed E-state index contributed by atoms with van der Waals surface area (Å²) in [6.45, 7) is 12.0. The molecule has 0 aromatic carbocycles. The van der Waals surface area contributed by atoms with E-state index in [1.807, 2.05) is 0 Å². The molecule has 0 saturated carbocycles. The second-order valence-electron chi connectivity index (χ2n) is 8.24. The lowest BCUT2D eigenvalue weighted by molar-refractivity contribution is -0.0976. The molecule has 1 saturated heterocycles. The van der Waals surface area contributed by atoms with E-state index in [1.54, 1.807) is 71.5 Å². The van der Waals surface area contributed by atoms with Crippen molar-refractivity contribution >= 4 is 44.6 Å². The number of hydrogen-bond donors (Lipinski definition) is 0. The fourth-order valence-electron chi connectivity index (χ4n) is 2.17. The number of carbonyl (C=O) groups is 2. The normalized spacial score (nSPS) is 29.2. The van der Waals surface area contributed by atoms with E-state index in [0.29, 0.717) is 0 Å². The number of hydrogen-bond acceptors (Lipinski definition) is 8. The maximum Gasteiger partial charge on any atom is 0.509 e. The van der Waals surface area contributed by atoms with Gasteiger partial charge in [-0.2, -0.15) is 0 Å². The molecule has 8 nitrogen and oxygen atoms in total. The van der Waals surface area contributed by atoms with E-state index in [4.69, 9.17) is 26.8 Å². The SMILES string of the molecule is CC(C)(C)OC(=O)OC[C@H]1O[C@@H](OI)[C@](C)(P)[C@@H]1OC(=O)OC(C)(C)C. The molecule has 10 heteroatoms. The van der Waals surface area contributed by atoms with E-state index < -0.39 is 47.2 Å². The van der Waals surface area contributed by atoms with Crippen LogP contribution in [0.2, 0.25) is 0 Å². The average Bonchev–Trinajstić information content (AvgIpc) is 2.64. The topological polar surface area (TPSA) is 89.5 Å². The molecule has 152 valence electrons. The van der Waals surface area contributed by atoms with Gasteiger partial charge in [0.2, 0.25) is 0 Å². The summed E-state index contributed by atoms with van der Waals surface area (Å²) in [5, 5.41) is -0.764. The van der Waals surface area contributed by atoms with Crippen LogP contribution in [0.3, 0.4) is 0 Å². The Morgan fingerprint density at radius 1 is 1.08 bits per heavy atom. The highest BCUT2D eigenvalue weighted by Gasteiger charge is 2.55. The van der Waals surface area contributed by atoms with Crippen molar-refractivity contribution < 1.29 is 36.3 Å². The van der Waals surface area contributed by atoms with Crippen LogP contribution in [0.1, 0.15) is 48.5 Å². The summed E-state index contributed by atoms with van der Waals surface area (Å²) in [4.78, 5) is 23.9. The van der Waals surface area contributed by atoms with Gasteiger partial charge in [0.25, 0.3) is 0 Å². The summed E-state index contributed by atoms with van der Waals surface area (Å²) in [5.41, 5.74) is -1.38. The highest BCUT2D eigenvalue weighted by Crippen LogP contribution is 2.42. The number of rotatable bonds is 4. The van der Waals surface area contributed by atoms with Crippen molar-refractivity contribution in [2.45, 2.75) is 83.3 Å². The third-order valence-electron chi connectivity index (χ3n) is 3.21. The zero-order chi connectivity index (χ0) is 20.3. The molecule has 0 radical (unpaired) electrons. The van der Waals surface area contributed by atoms with Gasteiger partial charge in [-0.05, 0) is 48.5 Å². The number of halogens is 1. The van der Waals surface area contributed by atoms with Crippen LogP contribution in [-0.4, -0.2) is 53.8 Å². The Balaban J connectivity index is 2.80. The van der Waals surface area contributed by atoms with Gasteiger partial charge in [0.15, 0.2) is 6.29 Å². The summed E-state index contributed by atoms with van der Waals surface area (Å²) in [7, 11) is 2.56. The average molecular weight is 506 g/mol. The van der Waals surface area contributed by atoms with Gasteiger partial charge < -0.3 is 23.7 Å². The Kier molecular flexibility index (Phi) is 7.96. The van der Waals surface area contributed by atoms with E-state index in [0.717, 1.165) is 0 Å². The van der Waals surface area contributed by atoms with Gasteiger partial charge in [-0.1, -0.05) is 0 Å². The highest BCUT2D eigenvalue weighted by molar-refractivity contribution is 14.1. The fraction of sp³-hybridized carbons (Fsp3) is 0.875. The summed E-state index contributed by atoms with van der Waals surface area (Å²) in [6.07, 6.45) is -3.87. The van der Waals surface area contributed by atoms with Crippen LogP contribution in [0.4, 0.5) is 9.59 Å². The van der Waals surface area contributed by atoms with E-state index in [9.17, 15) is 9.59 Å². The summed E-state index contributed by atoms with van der Waals surface area (Å²) in [5.74, 6) is 0. The smallest absolute Gasteiger partial charge is 0.431 e. The molecule has 1 rings (SSSR count). The predicted octanol–water partition coefficient (Wildman–Crippen LogP) is 3.98. The Labute approximate surface area is 170 Å². The molecule has 0 aromatic rings. The first-order valence-corrected chi connectivity index (χ1v) is 9.58. The van der Waals surface area contributed by atoms with Crippen LogP contribution in [0.15, 0.2) is 0 Å². The van der Waals surface area contributed by atoms with Crippen molar-refractivity contribution in [2.75, 3.05) is 6.61 Å². The molecule has 0 aliphatic carbocycles. The van der Waals surface area contributed by atoms with Crippen molar-refractivity contribution in [3.63, 3.8) is 0 Å². The molecule has 1 unspecified atom stereocenters. The molecular formula is C16H28IO8P. The molecule has 0 N–H and O–H groups in total. The van der Waals surface area contributed by atoms with Gasteiger partial charge >= 0.3 is 12.3 Å². The monoisotopic (exact) mass is 506 g/mol. The first kappa shape index (κ1) is 23.7. The lowest BCUT2D eigenvalue weighted by Gasteiger charge is -2.30. The van der Waals surface area contributed by atoms with Crippen LogP contribution in [-0.2, 0) is 26.8 Å². The zero-order valence-corrected chi connectivity index (χ0v) is 19.5. The minimum absolute atomic E-state index is 0.164. The molecule has 1 aliphatic rings. The number of carbonyl (C=O) groups excluding carboxylic acids is 2. The predicted molar refractivity (Wildman–Crippen MR) is 105 cm³/mol. The van der Waals surface area contributed by atoms with E-state index in [2.05, 4.69) is 9.24 Å². The Hall–Kier alpha value is -0.380. The molecule has 26 heavy (non-hydrogen) atoms. The molecule has 1 aliphatic heterocycles. The quantitative estimate of drug-likeness (QED) is 0.322. The third kappa shape index (κ3) is 7.32. The molecule has 5 atom stereocenters. The maximum atomic E-state index is 12.1. The van der Waals surface area contributed by atoms with E-state index in [-0.39, 0.29) is 6.61 Å². The summed E-state index contributed by atoms with van der Waals surface area (Å²) in [6, 6.07) is 0. The van der Waals surface area contributed by atoms with Crippen molar-refractivity contribution in [3.05, 3.63) is 0 Å². The minimum atomic E-state index is -0.837. The largest absolute Gasteiger partial charge is 0.509 e. The Morgan fingerprint density at radius 2 is 1.58 bits per heavy atom. The van der Waals surface area contributed by atoms with Gasteiger partial charge in [-0.15, -0.1) is 9.24 Å². The summed E-state index contributed by atoms with van der Waals surface area (Å²) >= 11 is 1.71. The summed E-state index contributed by atoms with van der Waals surface area (Å²) < 4.78 is 31.9. The van der Waals surface area contributed by atoms with Crippen molar-refractivity contribution in [1.29, 1.82) is 0 Å². The zero-order valence-electron chi connectivity index (χ0n) is 16.2. The van der Waals surface area contributed by atoms with Gasteiger partial charge in [0, 0.05) is 0 Å². The van der Waals surface area contributed by atoms with Crippen LogP contribution < -0.4 is 0 Å². The van der Waals surface area contributed by atoms with Gasteiger partial charge in [-0.25, -0.2) is 9.59 Å². The van der Waals surface area contributed by atoms with Crippen LogP contribution in [0.5, 0.6) is 0 Å². The highest BCUT2D eigenvalue weighted by atomic mass is 127. The van der Waals surface area contributed by atoms with E-state index in [1.165, 1.54) is 0 Å². The van der Waals surface area contributed by atoms with Crippen molar-refractivity contribution in [2.24, 2.45) is 0 Å². The second-order valence-corrected chi connectivity index (χ2v) is 9.99. The van der Waals surface area contributed by atoms with Gasteiger partial charge in [-0.3, -0.25) is 3.07 Å². The van der Waals surface area contributed by atoms with Crippen LogP contribution in [0, 0.1) is 0 Å². The fourth-order valence-corrected chi connectivity index (χ4v) is 3.54. The maximum absolute atomic E-state index is 12.1. The Bertz CT molecular complexity index is 511. The second kappa shape index (κ2) is 8.75. The third-order valence-corrected chi connectivity index (χ3v) is 4.27. The molecule has 0 aromatic heterocycles. The number of ether oxygens (including phenoxy) is 5. The lowest BCUT2D eigenvalue weighted by Crippen LogP contribution is -2.45. The van der Waals surface area contributed by atoms with E-state index >= 15 is 0 Å². The minimum Gasteiger partial charge on any atom is -0.431 e. The first-order chi connectivity index (χ1) is 11.7. The molecule has 0 bridgehead atoms. The molecule has 1 fully saturated rings. The Morgan fingerprint density at radius 3 is 2.04 bits per heavy atom. The molecule has 0 spiro atoms. The van der Waals surface area contributed by atoms with Crippen LogP contribution >= 0.6 is 32.2 Å². The van der Waals surface area contributed by atoms with Crippen molar-refractivity contribution in [1.82, 2.24) is 0 Å². The standard InChI is InChI=1S/C16H28IO8P/c1-14(2,3)23-12(18)20-8-9-10(16(7,26)11(21-9)25-17)22-13(19)24-15(4,5)6/h9-11H,8,26H2,1-7H3/t9-,10-,11+,16-/m1/s1. The van der Waals surface area contributed by atoms with Gasteiger partial charge in [0.1, 0.15) is 53.0 Å². The molecular weight excluding hydrogens is 478 g/mol. The lowest BCUT2D eigenvalue weighted by atomic mass is 10.0. The van der Waals surface area contributed by atoms with Crippen LogP contribution in [0.25, 0.3) is 0 Å². The first-order valence-electron chi connectivity index (χ1n) is 8.13. The van der Waals surface area contributed by atoms with Crippen molar-refractivity contribution in [3.8, 4) is 0 Å². The molecule has 1 heterocycles. The van der Waals surface area contributed by atoms with Gasteiger partial charge in [0.05, 0.1) is 5.16 Å². The molecule has 0 amide bonds.